The molecule has 3 aromatic rings. The number of nitrogens with zero attached hydrogens (tertiary/aromatic N) is 3. The number of thioether (sulfide) groups is 1. The Morgan fingerprint density at radius 2 is 2.19 bits per heavy atom. The first-order chi connectivity index (χ1) is 12.5. The third-order valence-electron chi connectivity index (χ3n) is 4.36. The van der Waals surface area contributed by atoms with E-state index in [0.717, 1.165) is 26.7 Å². The van der Waals surface area contributed by atoms with E-state index in [1.807, 2.05) is 23.1 Å². The highest BCUT2D eigenvalue weighted by atomic mass is 32.2. The molecule has 0 saturated heterocycles. The van der Waals surface area contributed by atoms with E-state index in [4.69, 9.17) is 0 Å². The first-order valence-electron chi connectivity index (χ1n) is 8.10. The van der Waals surface area contributed by atoms with Gasteiger partial charge in [-0.3, -0.25) is 14.9 Å². The summed E-state index contributed by atoms with van der Waals surface area (Å²) in [6.07, 6.45) is 0.872. The molecule has 4 rings (SSSR count). The number of nitro groups is 1. The zero-order chi connectivity index (χ0) is 18.3. The van der Waals surface area contributed by atoms with Gasteiger partial charge in [-0.05, 0) is 31.0 Å². The number of fused-ring (bicyclic) bond motifs is 2. The molecule has 0 saturated carbocycles. The second kappa shape index (κ2) is 6.69. The van der Waals surface area contributed by atoms with E-state index >= 15 is 0 Å². The number of para-hydroxylation sites is 1. The van der Waals surface area contributed by atoms with Crippen LogP contribution in [0.1, 0.15) is 12.5 Å². The lowest BCUT2D eigenvalue weighted by Crippen LogP contribution is -2.36. The number of aromatic nitrogens is 1. The van der Waals surface area contributed by atoms with E-state index in [1.54, 1.807) is 6.07 Å². The summed E-state index contributed by atoms with van der Waals surface area (Å²) in [5.41, 5.74) is 2.96. The van der Waals surface area contributed by atoms with Gasteiger partial charge in [0.15, 0.2) is 4.34 Å². The number of non-ortho nitro benzene ring substituents is 1. The van der Waals surface area contributed by atoms with E-state index in [9.17, 15) is 14.9 Å². The number of rotatable bonds is 4. The number of carbonyl (C=O) groups excluding carboxylic acids is 1. The summed E-state index contributed by atoms with van der Waals surface area (Å²) < 4.78 is 1.50. The fourth-order valence-corrected chi connectivity index (χ4v) is 5.17. The van der Waals surface area contributed by atoms with Crippen LogP contribution in [0.2, 0.25) is 0 Å². The smallest absolute Gasteiger partial charge is 0.270 e. The van der Waals surface area contributed by atoms with Crippen molar-refractivity contribution in [2.75, 3.05) is 10.7 Å². The Labute approximate surface area is 158 Å². The van der Waals surface area contributed by atoms with Crippen molar-refractivity contribution < 1.29 is 9.72 Å². The van der Waals surface area contributed by atoms with Crippen molar-refractivity contribution >= 4 is 50.6 Å². The first-order valence-corrected chi connectivity index (χ1v) is 9.91. The Balaban J connectivity index is 1.49. The molecule has 1 aliphatic heterocycles. The number of amides is 1. The molecule has 6 nitrogen and oxygen atoms in total. The second-order valence-electron chi connectivity index (χ2n) is 6.12. The Morgan fingerprint density at radius 3 is 3.00 bits per heavy atom. The third kappa shape index (κ3) is 3.06. The van der Waals surface area contributed by atoms with E-state index < -0.39 is 4.92 Å². The number of carbonyl (C=O) groups is 1. The molecule has 1 amide bonds. The van der Waals surface area contributed by atoms with Crippen molar-refractivity contribution in [2.24, 2.45) is 0 Å². The summed E-state index contributed by atoms with van der Waals surface area (Å²) >= 11 is 2.75. The molecule has 1 aliphatic rings. The molecule has 1 aromatic heterocycles. The normalized spacial score (nSPS) is 16.0. The van der Waals surface area contributed by atoms with E-state index in [2.05, 4.69) is 18.0 Å². The summed E-state index contributed by atoms with van der Waals surface area (Å²) in [7, 11) is 0. The highest BCUT2D eigenvalue weighted by molar-refractivity contribution is 8.01. The molecule has 132 valence electrons. The van der Waals surface area contributed by atoms with Crippen LogP contribution < -0.4 is 4.90 Å². The maximum absolute atomic E-state index is 12.7. The van der Waals surface area contributed by atoms with Crippen LogP contribution in [0.3, 0.4) is 0 Å². The van der Waals surface area contributed by atoms with Crippen LogP contribution in [-0.4, -0.2) is 27.6 Å². The van der Waals surface area contributed by atoms with Gasteiger partial charge in [0.2, 0.25) is 5.91 Å². The molecular weight excluding hydrogens is 370 g/mol. The fraction of sp³-hybridized carbons (Fsp3) is 0.222. The molecule has 0 bridgehead atoms. The van der Waals surface area contributed by atoms with Crippen molar-refractivity contribution in [3.05, 3.63) is 58.1 Å². The monoisotopic (exact) mass is 385 g/mol. The van der Waals surface area contributed by atoms with Crippen LogP contribution in [0.4, 0.5) is 11.4 Å². The molecule has 0 N–H and O–H groups in total. The van der Waals surface area contributed by atoms with Gasteiger partial charge in [-0.1, -0.05) is 30.0 Å². The van der Waals surface area contributed by atoms with E-state index in [1.165, 1.54) is 40.8 Å². The van der Waals surface area contributed by atoms with Gasteiger partial charge in [0.25, 0.3) is 5.69 Å². The standard InChI is InChI=1S/C18H15N3O3S2/c1-11-8-12-4-2-3-5-15(12)20(11)17(22)10-25-18-19-14-7-6-13(21(23)24)9-16(14)26-18/h2-7,9,11H,8,10H2,1H3. The van der Waals surface area contributed by atoms with Gasteiger partial charge in [-0.25, -0.2) is 4.98 Å². The number of hydrogen-bond acceptors (Lipinski definition) is 6. The lowest BCUT2D eigenvalue weighted by Gasteiger charge is -2.22. The van der Waals surface area contributed by atoms with Gasteiger partial charge in [-0.15, -0.1) is 11.3 Å². The number of hydrogen-bond donors (Lipinski definition) is 0. The van der Waals surface area contributed by atoms with Crippen LogP contribution in [-0.2, 0) is 11.2 Å². The summed E-state index contributed by atoms with van der Waals surface area (Å²) in [4.78, 5) is 29.5. The van der Waals surface area contributed by atoms with Crippen LogP contribution >= 0.6 is 23.1 Å². The average molecular weight is 385 g/mol. The minimum atomic E-state index is -0.415. The molecule has 0 radical (unpaired) electrons. The summed E-state index contributed by atoms with van der Waals surface area (Å²) in [6.45, 7) is 2.05. The molecule has 2 aromatic carbocycles. The van der Waals surface area contributed by atoms with Crippen LogP contribution in [0, 0.1) is 10.1 Å². The highest BCUT2D eigenvalue weighted by Crippen LogP contribution is 2.35. The molecule has 1 unspecified atom stereocenters. The third-order valence-corrected chi connectivity index (χ3v) is 6.50. The SMILES string of the molecule is CC1Cc2ccccc2N1C(=O)CSc1nc2ccc([N+](=O)[O-])cc2s1. The minimum absolute atomic E-state index is 0.0521. The molecule has 0 aliphatic carbocycles. The zero-order valence-corrected chi connectivity index (χ0v) is 15.5. The Morgan fingerprint density at radius 1 is 1.38 bits per heavy atom. The minimum Gasteiger partial charge on any atom is -0.308 e. The first kappa shape index (κ1) is 17.0. The van der Waals surface area contributed by atoms with Gasteiger partial charge >= 0.3 is 0 Å². The van der Waals surface area contributed by atoms with E-state index in [0.29, 0.717) is 5.75 Å². The van der Waals surface area contributed by atoms with Crippen molar-refractivity contribution in [1.82, 2.24) is 4.98 Å². The predicted octanol–water partition coefficient (Wildman–Crippen LogP) is 4.27. The van der Waals surface area contributed by atoms with Crippen molar-refractivity contribution in [1.29, 1.82) is 0 Å². The number of thiazole rings is 1. The van der Waals surface area contributed by atoms with Gasteiger partial charge in [0, 0.05) is 23.9 Å². The molecule has 8 heteroatoms. The number of benzene rings is 2. The van der Waals surface area contributed by atoms with Gasteiger partial charge in [-0.2, -0.15) is 0 Å². The van der Waals surface area contributed by atoms with Gasteiger partial charge in [0.05, 0.1) is 20.9 Å². The van der Waals surface area contributed by atoms with Crippen LogP contribution in [0.15, 0.2) is 46.8 Å². The summed E-state index contributed by atoms with van der Waals surface area (Å²) in [5.74, 6) is 0.346. The molecular formula is C18H15N3O3S2. The van der Waals surface area contributed by atoms with Gasteiger partial charge in [0.1, 0.15) is 0 Å². The largest absolute Gasteiger partial charge is 0.308 e. The van der Waals surface area contributed by atoms with Crippen molar-refractivity contribution in [3.63, 3.8) is 0 Å². The van der Waals surface area contributed by atoms with E-state index in [-0.39, 0.29) is 17.6 Å². The second-order valence-corrected chi connectivity index (χ2v) is 8.38. The molecule has 26 heavy (non-hydrogen) atoms. The average Bonchev–Trinajstić information content (AvgIpc) is 3.18. The summed E-state index contributed by atoms with van der Waals surface area (Å²) in [5, 5.41) is 10.9. The molecule has 0 fully saturated rings. The van der Waals surface area contributed by atoms with Crippen LogP contribution in [0.25, 0.3) is 10.2 Å². The lowest BCUT2D eigenvalue weighted by molar-refractivity contribution is -0.384. The highest BCUT2D eigenvalue weighted by Gasteiger charge is 2.30. The topological polar surface area (TPSA) is 76.3 Å². The van der Waals surface area contributed by atoms with Crippen LogP contribution in [0.5, 0.6) is 0 Å². The maximum Gasteiger partial charge on any atom is 0.270 e. The Kier molecular flexibility index (Phi) is 4.37. The quantitative estimate of drug-likeness (QED) is 0.381. The number of nitro benzene ring substituents is 1. The number of anilines is 1. The Bertz CT molecular complexity index is 1020. The molecule has 2 heterocycles. The Hall–Kier alpha value is -2.45. The fourth-order valence-electron chi connectivity index (χ4n) is 3.21. The predicted molar refractivity (Wildman–Crippen MR) is 104 cm³/mol. The van der Waals surface area contributed by atoms with Crippen molar-refractivity contribution in [3.8, 4) is 0 Å². The maximum atomic E-state index is 12.7. The summed E-state index contributed by atoms with van der Waals surface area (Å²) in [6, 6.07) is 12.8. The zero-order valence-electron chi connectivity index (χ0n) is 13.9. The molecule has 0 spiro atoms. The van der Waals surface area contributed by atoms with Gasteiger partial charge < -0.3 is 4.90 Å². The van der Waals surface area contributed by atoms with Crippen molar-refractivity contribution in [2.45, 2.75) is 23.7 Å². The lowest BCUT2D eigenvalue weighted by atomic mass is 10.1. The molecule has 1 atom stereocenters.